The summed E-state index contributed by atoms with van der Waals surface area (Å²) in [6.45, 7) is 4.16. The number of hydrogen-bond donors (Lipinski definition) is 1. The van der Waals surface area contributed by atoms with Crippen LogP contribution in [0.3, 0.4) is 0 Å². The van der Waals surface area contributed by atoms with E-state index in [0.29, 0.717) is 0 Å². The van der Waals surface area contributed by atoms with Crippen LogP contribution in [0.15, 0.2) is 29.2 Å². The van der Waals surface area contributed by atoms with Crippen molar-refractivity contribution in [3.05, 3.63) is 29.8 Å². The summed E-state index contributed by atoms with van der Waals surface area (Å²) in [6.07, 6.45) is 1.40. The Kier molecular flexibility index (Phi) is 5.05. The molecule has 0 unspecified atom stereocenters. The first-order valence-electron chi connectivity index (χ1n) is 5.16. The summed E-state index contributed by atoms with van der Waals surface area (Å²) in [5.74, 6) is 1.11. The topological polar surface area (TPSA) is 20.2 Å². The number of hydrogen-bond acceptors (Lipinski definition) is 2. The minimum atomic E-state index is -0.195. The highest BCUT2D eigenvalue weighted by molar-refractivity contribution is 7.99. The van der Waals surface area contributed by atoms with Gasteiger partial charge in [-0.1, -0.05) is 26.0 Å². The predicted molar refractivity (Wildman–Crippen MR) is 62.8 cm³/mol. The molecule has 0 spiro atoms. The minimum absolute atomic E-state index is 0.195. The normalized spacial score (nSPS) is 12.8. The lowest BCUT2D eigenvalue weighted by atomic mass is 10.1. The van der Waals surface area contributed by atoms with Crippen molar-refractivity contribution in [1.82, 2.24) is 0 Å². The van der Waals surface area contributed by atoms with Gasteiger partial charge in [-0.3, -0.25) is 0 Å². The molecule has 0 aliphatic heterocycles. The maximum atomic E-state index is 9.48. The monoisotopic (exact) mass is 210 g/mol. The van der Waals surface area contributed by atoms with Crippen molar-refractivity contribution in [1.29, 1.82) is 0 Å². The van der Waals surface area contributed by atoms with Gasteiger partial charge in [-0.25, -0.2) is 0 Å². The Labute approximate surface area is 90.5 Å². The van der Waals surface area contributed by atoms with E-state index in [9.17, 15) is 5.11 Å². The summed E-state index contributed by atoms with van der Waals surface area (Å²) in [5, 5.41) is 9.48. The summed E-state index contributed by atoms with van der Waals surface area (Å²) < 4.78 is 0. The van der Waals surface area contributed by atoms with E-state index in [2.05, 4.69) is 31.2 Å². The molecule has 1 atom stereocenters. The molecule has 1 aromatic rings. The van der Waals surface area contributed by atoms with E-state index in [4.69, 9.17) is 0 Å². The molecule has 0 saturated heterocycles. The molecule has 2 heteroatoms. The maximum Gasteiger partial charge on any atom is 0.0577 e. The van der Waals surface area contributed by atoms with Gasteiger partial charge in [0.05, 0.1) is 6.10 Å². The Morgan fingerprint density at radius 3 is 2.36 bits per heavy atom. The third-order valence-electron chi connectivity index (χ3n) is 2.18. The molecule has 0 saturated carbocycles. The van der Waals surface area contributed by atoms with E-state index >= 15 is 0 Å². The molecular weight excluding hydrogens is 192 g/mol. The Balaban J connectivity index is 2.54. The van der Waals surface area contributed by atoms with Gasteiger partial charge in [0, 0.05) is 4.90 Å². The molecule has 1 rings (SSSR count). The van der Waals surface area contributed by atoms with Gasteiger partial charge in [0.2, 0.25) is 0 Å². The largest absolute Gasteiger partial charge is 0.393 e. The number of aliphatic hydroxyl groups is 1. The Hall–Kier alpha value is -0.470. The molecule has 0 amide bonds. The standard InChI is InChI=1S/C12H18OS/c1-3-11(13)9-10-5-7-12(8-6-10)14-4-2/h5-8,11,13H,3-4,9H2,1-2H3/t11-/m1/s1. The first-order valence-corrected chi connectivity index (χ1v) is 6.14. The van der Waals surface area contributed by atoms with Crippen LogP contribution in [-0.4, -0.2) is 17.0 Å². The molecule has 0 aliphatic carbocycles. The van der Waals surface area contributed by atoms with Crippen LogP contribution in [0, 0.1) is 0 Å². The van der Waals surface area contributed by atoms with E-state index in [1.807, 2.05) is 18.7 Å². The van der Waals surface area contributed by atoms with E-state index in [1.54, 1.807) is 0 Å². The summed E-state index contributed by atoms with van der Waals surface area (Å²) in [5.41, 5.74) is 1.22. The maximum absolute atomic E-state index is 9.48. The molecule has 1 aromatic carbocycles. The van der Waals surface area contributed by atoms with Crippen molar-refractivity contribution in [3.8, 4) is 0 Å². The molecule has 1 N–H and O–H groups in total. The van der Waals surface area contributed by atoms with Crippen LogP contribution in [0.25, 0.3) is 0 Å². The molecule has 0 heterocycles. The summed E-state index contributed by atoms with van der Waals surface area (Å²) in [6, 6.07) is 8.48. The summed E-state index contributed by atoms with van der Waals surface area (Å²) >= 11 is 1.85. The third-order valence-corrected chi connectivity index (χ3v) is 3.07. The number of thioether (sulfide) groups is 1. The zero-order chi connectivity index (χ0) is 10.4. The molecule has 0 aromatic heterocycles. The van der Waals surface area contributed by atoms with Gasteiger partial charge in [0.1, 0.15) is 0 Å². The molecular formula is C12H18OS. The van der Waals surface area contributed by atoms with Gasteiger partial charge >= 0.3 is 0 Å². The molecule has 78 valence electrons. The fraction of sp³-hybridized carbons (Fsp3) is 0.500. The van der Waals surface area contributed by atoms with E-state index in [1.165, 1.54) is 10.5 Å². The van der Waals surface area contributed by atoms with Crippen LogP contribution in [-0.2, 0) is 6.42 Å². The molecule has 14 heavy (non-hydrogen) atoms. The second-order valence-corrected chi connectivity index (χ2v) is 4.68. The number of aliphatic hydroxyl groups excluding tert-OH is 1. The average Bonchev–Trinajstić information content (AvgIpc) is 2.21. The van der Waals surface area contributed by atoms with Crippen LogP contribution in [0.4, 0.5) is 0 Å². The lowest BCUT2D eigenvalue weighted by Crippen LogP contribution is -2.07. The van der Waals surface area contributed by atoms with Gasteiger partial charge in [-0.05, 0) is 36.3 Å². The lowest BCUT2D eigenvalue weighted by molar-refractivity contribution is 0.171. The first kappa shape index (κ1) is 11.6. The second kappa shape index (κ2) is 6.10. The highest BCUT2D eigenvalue weighted by Gasteiger charge is 2.02. The zero-order valence-electron chi connectivity index (χ0n) is 8.86. The van der Waals surface area contributed by atoms with Crippen LogP contribution in [0.5, 0.6) is 0 Å². The molecule has 0 bridgehead atoms. The Morgan fingerprint density at radius 2 is 1.86 bits per heavy atom. The van der Waals surface area contributed by atoms with Crippen molar-refractivity contribution in [2.75, 3.05) is 5.75 Å². The van der Waals surface area contributed by atoms with E-state index < -0.39 is 0 Å². The van der Waals surface area contributed by atoms with Gasteiger partial charge in [-0.15, -0.1) is 11.8 Å². The van der Waals surface area contributed by atoms with Gasteiger partial charge in [-0.2, -0.15) is 0 Å². The average molecular weight is 210 g/mol. The SMILES string of the molecule is CCSc1ccc(C[C@H](O)CC)cc1. The second-order valence-electron chi connectivity index (χ2n) is 3.34. The van der Waals surface area contributed by atoms with Crippen LogP contribution in [0.1, 0.15) is 25.8 Å². The molecule has 0 fully saturated rings. The molecule has 0 aliphatic rings. The van der Waals surface area contributed by atoms with Crippen molar-refractivity contribution in [2.45, 2.75) is 37.7 Å². The first-order chi connectivity index (χ1) is 6.76. The fourth-order valence-electron chi connectivity index (χ4n) is 1.30. The highest BCUT2D eigenvalue weighted by Crippen LogP contribution is 2.18. The zero-order valence-corrected chi connectivity index (χ0v) is 9.68. The number of benzene rings is 1. The van der Waals surface area contributed by atoms with Crippen LogP contribution < -0.4 is 0 Å². The van der Waals surface area contributed by atoms with Crippen molar-refractivity contribution < 1.29 is 5.11 Å². The Morgan fingerprint density at radius 1 is 1.21 bits per heavy atom. The van der Waals surface area contributed by atoms with Crippen molar-refractivity contribution in [2.24, 2.45) is 0 Å². The number of rotatable bonds is 5. The smallest absolute Gasteiger partial charge is 0.0577 e. The third kappa shape index (κ3) is 3.72. The quantitative estimate of drug-likeness (QED) is 0.754. The van der Waals surface area contributed by atoms with Gasteiger partial charge in [0.15, 0.2) is 0 Å². The summed E-state index contributed by atoms with van der Waals surface area (Å²) in [4.78, 5) is 1.31. The minimum Gasteiger partial charge on any atom is -0.393 e. The molecule has 0 radical (unpaired) electrons. The predicted octanol–water partition coefficient (Wildman–Crippen LogP) is 3.11. The van der Waals surface area contributed by atoms with Gasteiger partial charge < -0.3 is 5.11 Å². The van der Waals surface area contributed by atoms with E-state index in [-0.39, 0.29) is 6.10 Å². The fourth-order valence-corrected chi connectivity index (χ4v) is 1.97. The lowest BCUT2D eigenvalue weighted by Gasteiger charge is -2.07. The Bertz CT molecular complexity index is 256. The van der Waals surface area contributed by atoms with Crippen LogP contribution in [0.2, 0.25) is 0 Å². The van der Waals surface area contributed by atoms with Gasteiger partial charge in [0.25, 0.3) is 0 Å². The van der Waals surface area contributed by atoms with Crippen molar-refractivity contribution >= 4 is 11.8 Å². The molecule has 1 nitrogen and oxygen atoms in total. The summed E-state index contributed by atoms with van der Waals surface area (Å²) in [7, 11) is 0. The highest BCUT2D eigenvalue weighted by atomic mass is 32.2. The van der Waals surface area contributed by atoms with Crippen molar-refractivity contribution in [3.63, 3.8) is 0 Å². The van der Waals surface area contributed by atoms with Crippen LogP contribution >= 0.6 is 11.8 Å². The van der Waals surface area contributed by atoms with E-state index in [0.717, 1.165) is 18.6 Å².